The molecule has 0 spiro atoms. The van der Waals surface area contributed by atoms with Gasteiger partial charge in [0, 0.05) is 25.7 Å². The molecule has 0 aliphatic carbocycles. The fraction of sp³-hybridized carbons (Fsp3) is 1.00. The van der Waals surface area contributed by atoms with E-state index >= 15 is 0 Å². The van der Waals surface area contributed by atoms with Crippen molar-refractivity contribution in [1.29, 1.82) is 0 Å². The summed E-state index contributed by atoms with van der Waals surface area (Å²) >= 11 is 0. The zero-order valence-electron chi connectivity index (χ0n) is 10.1. The summed E-state index contributed by atoms with van der Waals surface area (Å²) in [6, 6.07) is 0.649. The Bertz CT molecular complexity index is 147. The monoisotopic (exact) mass is 215 g/mol. The molecule has 1 fully saturated rings. The van der Waals surface area contributed by atoms with Crippen LogP contribution in [0.2, 0.25) is 0 Å². The number of rotatable bonds is 7. The number of nitrogens with zero attached hydrogens (tertiary/aromatic N) is 1. The zero-order chi connectivity index (χ0) is 10.9. The zero-order valence-corrected chi connectivity index (χ0v) is 10.1. The van der Waals surface area contributed by atoms with Gasteiger partial charge < -0.3 is 20.3 Å². The molecule has 1 atom stereocenters. The Labute approximate surface area is 93.4 Å². The first-order valence-corrected chi connectivity index (χ1v) is 5.95. The van der Waals surface area contributed by atoms with Gasteiger partial charge in [-0.3, -0.25) is 0 Å². The van der Waals surface area contributed by atoms with Gasteiger partial charge in [0.25, 0.3) is 0 Å². The third kappa shape index (κ3) is 6.84. The predicted molar refractivity (Wildman–Crippen MR) is 63.3 cm³/mol. The minimum atomic E-state index is 0.649. The molecule has 0 radical (unpaired) electrons. The summed E-state index contributed by atoms with van der Waals surface area (Å²) in [4.78, 5) is 2.14. The highest BCUT2D eigenvalue weighted by Crippen LogP contribution is 2.00. The number of piperidine rings is 1. The van der Waals surface area contributed by atoms with Crippen LogP contribution in [0.3, 0.4) is 0 Å². The molecule has 1 aliphatic rings. The highest BCUT2D eigenvalue weighted by Gasteiger charge is 2.10. The Morgan fingerprint density at radius 1 is 1.40 bits per heavy atom. The molecule has 1 saturated heterocycles. The van der Waals surface area contributed by atoms with Crippen LogP contribution in [0.5, 0.6) is 0 Å². The van der Waals surface area contributed by atoms with Gasteiger partial charge in [-0.25, -0.2) is 0 Å². The molecule has 0 aromatic carbocycles. The van der Waals surface area contributed by atoms with Crippen LogP contribution in [-0.4, -0.2) is 64.4 Å². The van der Waals surface area contributed by atoms with E-state index in [1.165, 1.54) is 19.4 Å². The molecule has 4 heteroatoms. The predicted octanol–water partition coefficient (Wildman–Crippen LogP) is -0.0938. The quantitative estimate of drug-likeness (QED) is 0.582. The topological polar surface area (TPSA) is 36.5 Å². The standard InChI is InChI=1S/C11H25N3O/c1-14(2)7-9-15-8-6-13-11-4-3-5-12-10-11/h11-13H,3-10H2,1-2H3. The Hall–Kier alpha value is -0.160. The fourth-order valence-electron chi connectivity index (χ4n) is 1.71. The van der Waals surface area contributed by atoms with Crippen molar-refractivity contribution in [2.75, 3.05) is 53.5 Å². The molecule has 90 valence electrons. The maximum Gasteiger partial charge on any atom is 0.0593 e. The van der Waals surface area contributed by atoms with E-state index in [1.54, 1.807) is 0 Å². The molecule has 1 rings (SSSR count). The van der Waals surface area contributed by atoms with Crippen molar-refractivity contribution in [3.63, 3.8) is 0 Å². The van der Waals surface area contributed by atoms with Crippen molar-refractivity contribution in [3.05, 3.63) is 0 Å². The van der Waals surface area contributed by atoms with Crippen molar-refractivity contribution >= 4 is 0 Å². The van der Waals surface area contributed by atoms with Crippen molar-refractivity contribution in [2.45, 2.75) is 18.9 Å². The molecule has 0 amide bonds. The molecule has 1 unspecified atom stereocenters. The molecule has 15 heavy (non-hydrogen) atoms. The Balaban J connectivity index is 1.83. The SMILES string of the molecule is CN(C)CCOCCNC1CCCNC1. The average molecular weight is 215 g/mol. The largest absolute Gasteiger partial charge is 0.379 e. The van der Waals surface area contributed by atoms with Gasteiger partial charge >= 0.3 is 0 Å². The maximum atomic E-state index is 5.51. The number of hydrogen-bond donors (Lipinski definition) is 2. The number of hydrogen-bond acceptors (Lipinski definition) is 4. The lowest BCUT2D eigenvalue weighted by Gasteiger charge is -2.23. The molecule has 0 saturated carbocycles. The summed E-state index contributed by atoms with van der Waals surface area (Å²) in [5.74, 6) is 0. The molecule has 0 bridgehead atoms. The summed E-state index contributed by atoms with van der Waals surface area (Å²) in [5, 5.41) is 6.90. The summed E-state index contributed by atoms with van der Waals surface area (Å²) in [5.41, 5.74) is 0. The van der Waals surface area contributed by atoms with Crippen LogP contribution < -0.4 is 10.6 Å². The van der Waals surface area contributed by atoms with Gasteiger partial charge in [-0.1, -0.05) is 0 Å². The molecule has 1 aliphatic heterocycles. The van der Waals surface area contributed by atoms with Crippen molar-refractivity contribution in [3.8, 4) is 0 Å². The summed E-state index contributed by atoms with van der Waals surface area (Å²) in [6.07, 6.45) is 2.59. The minimum absolute atomic E-state index is 0.649. The van der Waals surface area contributed by atoms with Gasteiger partial charge in [0.15, 0.2) is 0 Å². The average Bonchev–Trinajstić information content (AvgIpc) is 2.24. The number of ether oxygens (including phenoxy) is 1. The van der Waals surface area contributed by atoms with Crippen LogP contribution in [-0.2, 0) is 4.74 Å². The molecule has 0 aromatic rings. The fourth-order valence-corrected chi connectivity index (χ4v) is 1.71. The van der Waals surface area contributed by atoms with Crippen LogP contribution in [0.4, 0.5) is 0 Å². The van der Waals surface area contributed by atoms with Crippen molar-refractivity contribution in [2.24, 2.45) is 0 Å². The highest BCUT2D eigenvalue weighted by atomic mass is 16.5. The third-order valence-electron chi connectivity index (χ3n) is 2.66. The lowest BCUT2D eigenvalue weighted by molar-refractivity contribution is 0.116. The second-order valence-corrected chi connectivity index (χ2v) is 4.41. The van der Waals surface area contributed by atoms with Crippen LogP contribution in [0.1, 0.15) is 12.8 Å². The Kier molecular flexibility index (Phi) is 6.92. The van der Waals surface area contributed by atoms with Crippen LogP contribution in [0, 0.1) is 0 Å². The summed E-state index contributed by atoms with van der Waals surface area (Å²) < 4.78 is 5.51. The van der Waals surface area contributed by atoms with Gasteiger partial charge in [-0.2, -0.15) is 0 Å². The molecular weight excluding hydrogens is 190 g/mol. The van der Waals surface area contributed by atoms with Crippen LogP contribution >= 0.6 is 0 Å². The lowest BCUT2D eigenvalue weighted by Crippen LogP contribution is -2.44. The summed E-state index contributed by atoms with van der Waals surface area (Å²) in [7, 11) is 4.13. The van der Waals surface area contributed by atoms with Crippen LogP contribution in [0.25, 0.3) is 0 Å². The highest BCUT2D eigenvalue weighted by molar-refractivity contribution is 4.74. The van der Waals surface area contributed by atoms with E-state index in [0.717, 1.165) is 32.8 Å². The van der Waals surface area contributed by atoms with Gasteiger partial charge in [-0.15, -0.1) is 0 Å². The second-order valence-electron chi connectivity index (χ2n) is 4.41. The van der Waals surface area contributed by atoms with Gasteiger partial charge in [0.05, 0.1) is 13.2 Å². The van der Waals surface area contributed by atoms with E-state index < -0.39 is 0 Å². The van der Waals surface area contributed by atoms with Crippen molar-refractivity contribution < 1.29 is 4.74 Å². The smallest absolute Gasteiger partial charge is 0.0593 e. The van der Waals surface area contributed by atoms with E-state index in [2.05, 4.69) is 29.6 Å². The molecule has 0 aromatic heterocycles. The second kappa shape index (κ2) is 8.05. The van der Waals surface area contributed by atoms with E-state index in [4.69, 9.17) is 4.74 Å². The van der Waals surface area contributed by atoms with Gasteiger partial charge in [0.2, 0.25) is 0 Å². The van der Waals surface area contributed by atoms with Gasteiger partial charge in [0.1, 0.15) is 0 Å². The Morgan fingerprint density at radius 2 is 2.27 bits per heavy atom. The van der Waals surface area contributed by atoms with E-state index in [9.17, 15) is 0 Å². The van der Waals surface area contributed by atoms with Gasteiger partial charge in [-0.05, 0) is 33.5 Å². The molecule has 4 nitrogen and oxygen atoms in total. The third-order valence-corrected chi connectivity index (χ3v) is 2.66. The molecule has 1 heterocycles. The first kappa shape index (κ1) is 12.9. The van der Waals surface area contributed by atoms with Crippen molar-refractivity contribution in [1.82, 2.24) is 15.5 Å². The van der Waals surface area contributed by atoms with Crippen LogP contribution in [0.15, 0.2) is 0 Å². The lowest BCUT2D eigenvalue weighted by atomic mass is 10.1. The first-order valence-electron chi connectivity index (χ1n) is 5.95. The normalized spacial score (nSPS) is 22.2. The summed E-state index contributed by atoms with van der Waals surface area (Å²) in [6.45, 7) is 5.92. The molecular formula is C11H25N3O. The van der Waals surface area contributed by atoms with E-state index in [1.807, 2.05) is 0 Å². The number of likely N-dealkylation sites (N-methyl/N-ethyl adjacent to an activating group) is 1. The maximum absolute atomic E-state index is 5.51. The first-order chi connectivity index (χ1) is 7.29. The Morgan fingerprint density at radius 3 is 2.93 bits per heavy atom. The molecule has 2 N–H and O–H groups in total. The van der Waals surface area contributed by atoms with E-state index in [0.29, 0.717) is 6.04 Å². The number of nitrogens with one attached hydrogen (secondary N) is 2. The minimum Gasteiger partial charge on any atom is -0.379 e. The van der Waals surface area contributed by atoms with E-state index in [-0.39, 0.29) is 0 Å².